The molecular weight excluding hydrogens is 268 g/mol. The van der Waals surface area contributed by atoms with Crippen LogP contribution in [-0.2, 0) is 9.47 Å². The molecule has 0 saturated carbocycles. The van der Waals surface area contributed by atoms with Gasteiger partial charge >= 0.3 is 0 Å². The Bertz CT molecular complexity index is 480. The topological polar surface area (TPSA) is 57.4 Å². The maximum Gasteiger partial charge on any atom is 0.245 e. The molecule has 1 aromatic heterocycles. The Morgan fingerprint density at radius 2 is 1.86 bits per heavy atom. The molecule has 0 aliphatic carbocycles. The highest BCUT2D eigenvalue weighted by Gasteiger charge is 2.41. The number of hydrogen-bond acceptors (Lipinski definition) is 5. The minimum Gasteiger partial charge on any atom is -0.422 e. The van der Waals surface area contributed by atoms with Crippen LogP contribution in [0.2, 0.25) is 0 Å². The Kier molecular flexibility index (Phi) is 4.06. The number of nitrogens with zero attached hydrogens (tertiary/aromatic N) is 2. The fraction of sp³-hybridized carbons (Fsp3) is 0.875. The van der Waals surface area contributed by atoms with Crippen LogP contribution >= 0.6 is 0 Å². The zero-order chi connectivity index (χ0) is 15.0. The molecule has 2 saturated heterocycles. The van der Waals surface area contributed by atoms with Gasteiger partial charge in [0.2, 0.25) is 11.8 Å². The number of ether oxygens (including phenoxy) is 2. The third kappa shape index (κ3) is 2.99. The molecule has 3 rings (SSSR count). The van der Waals surface area contributed by atoms with Crippen LogP contribution in [0.15, 0.2) is 4.42 Å². The molecule has 0 unspecified atom stereocenters. The average molecular weight is 294 g/mol. The van der Waals surface area contributed by atoms with Gasteiger partial charge in [-0.25, -0.2) is 0 Å². The van der Waals surface area contributed by atoms with Gasteiger partial charge in [-0.15, -0.1) is 10.2 Å². The summed E-state index contributed by atoms with van der Waals surface area (Å²) < 4.78 is 17.8. The van der Waals surface area contributed by atoms with Crippen molar-refractivity contribution < 1.29 is 13.9 Å². The van der Waals surface area contributed by atoms with Crippen LogP contribution in [0.5, 0.6) is 0 Å². The highest BCUT2D eigenvalue weighted by Crippen LogP contribution is 2.41. The lowest BCUT2D eigenvalue weighted by Gasteiger charge is -2.29. The first kappa shape index (κ1) is 15.0. The lowest BCUT2D eigenvalue weighted by molar-refractivity contribution is 0.0136. The molecule has 4 atom stereocenters. The lowest BCUT2D eigenvalue weighted by atomic mass is 9.81. The molecule has 0 amide bonds. The van der Waals surface area contributed by atoms with E-state index >= 15 is 0 Å². The fourth-order valence-corrected chi connectivity index (χ4v) is 3.41. The summed E-state index contributed by atoms with van der Waals surface area (Å²) in [5, 5.41) is 8.51. The predicted octanol–water partition coefficient (Wildman–Crippen LogP) is 3.62. The molecule has 0 N–H and O–H groups in total. The van der Waals surface area contributed by atoms with Crippen molar-refractivity contribution in [3.8, 4) is 0 Å². The molecule has 118 valence electrons. The molecule has 0 radical (unpaired) electrons. The quantitative estimate of drug-likeness (QED) is 0.852. The van der Waals surface area contributed by atoms with E-state index in [9.17, 15) is 0 Å². The first-order valence-electron chi connectivity index (χ1n) is 8.09. The van der Waals surface area contributed by atoms with Crippen molar-refractivity contribution in [3.63, 3.8) is 0 Å². The fourth-order valence-electron chi connectivity index (χ4n) is 3.41. The number of aromatic nitrogens is 2. The number of rotatable bonds is 3. The molecule has 1 aromatic rings. The second-order valence-corrected chi connectivity index (χ2v) is 7.26. The van der Waals surface area contributed by atoms with E-state index in [-0.39, 0.29) is 23.5 Å². The molecule has 0 bridgehead atoms. The molecule has 5 nitrogen and oxygen atoms in total. The van der Waals surface area contributed by atoms with Crippen molar-refractivity contribution in [2.45, 2.75) is 77.6 Å². The van der Waals surface area contributed by atoms with Gasteiger partial charge in [0.1, 0.15) is 6.10 Å². The van der Waals surface area contributed by atoms with E-state index in [0.717, 1.165) is 32.3 Å². The van der Waals surface area contributed by atoms with Gasteiger partial charge in [0.25, 0.3) is 0 Å². The summed E-state index contributed by atoms with van der Waals surface area (Å²) in [4.78, 5) is 0. The zero-order valence-corrected chi connectivity index (χ0v) is 13.5. The Hall–Kier alpha value is -0.940. The Labute approximate surface area is 126 Å². The van der Waals surface area contributed by atoms with Crippen LogP contribution in [0.3, 0.4) is 0 Å². The summed E-state index contributed by atoms with van der Waals surface area (Å²) in [5.41, 5.74) is 0.0764. The molecule has 0 aromatic carbocycles. The molecule has 2 fully saturated rings. The molecule has 5 heteroatoms. The van der Waals surface area contributed by atoms with Crippen molar-refractivity contribution >= 4 is 0 Å². The minimum atomic E-state index is -0.0217. The van der Waals surface area contributed by atoms with Crippen molar-refractivity contribution in [2.24, 2.45) is 5.41 Å². The first-order chi connectivity index (χ1) is 9.99. The Morgan fingerprint density at radius 1 is 1.10 bits per heavy atom. The third-order valence-electron chi connectivity index (χ3n) is 4.56. The number of hydrogen-bond donors (Lipinski definition) is 0. The summed E-state index contributed by atoms with van der Waals surface area (Å²) >= 11 is 0. The SMILES string of the molecule is CC[C@@H]1CC[C@@H](c2nnc([C@H]3CCO[C@@H]3C(C)(C)C)o2)O1. The van der Waals surface area contributed by atoms with Gasteiger partial charge < -0.3 is 13.9 Å². The smallest absolute Gasteiger partial charge is 0.245 e. The van der Waals surface area contributed by atoms with E-state index in [1.54, 1.807) is 0 Å². The lowest BCUT2D eigenvalue weighted by Crippen LogP contribution is -2.30. The van der Waals surface area contributed by atoms with Crippen molar-refractivity contribution in [1.82, 2.24) is 10.2 Å². The Balaban J connectivity index is 1.73. The van der Waals surface area contributed by atoms with Crippen LogP contribution in [0.4, 0.5) is 0 Å². The first-order valence-corrected chi connectivity index (χ1v) is 8.09. The van der Waals surface area contributed by atoms with Gasteiger partial charge in [0.05, 0.1) is 18.1 Å². The van der Waals surface area contributed by atoms with E-state index < -0.39 is 0 Å². The third-order valence-corrected chi connectivity index (χ3v) is 4.56. The van der Waals surface area contributed by atoms with Crippen LogP contribution in [0.1, 0.15) is 77.2 Å². The zero-order valence-electron chi connectivity index (χ0n) is 13.5. The monoisotopic (exact) mass is 294 g/mol. The summed E-state index contributed by atoms with van der Waals surface area (Å²) in [6.07, 6.45) is 4.50. The van der Waals surface area contributed by atoms with Gasteiger partial charge in [0.15, 0.2) is 0 Å². The normalized spacial score (nSPS) is 33.7. The molecule has 2 aliphatic rings. The summed E-state index contributed by atoms with van der Waals surface area (Å²) in [6, 6.07) is 0. The largest absolute Gasteiger partial charge is 0.422 e. The minimum absolute atomic E-state index is 0.0217. The maximum absolute atomic E-state index is 5.94. The van der Waals surface area contributed by atoms with Crippen LogP contribution in [0, 0.1) is 5.41 Å². The summed E-state index contributed by atoms with van der Waals surface area (Å²) in [6.45, 7) is 9.50. The van der Waals surface area contributed by atoms with E-state index in [1.807, 2.05) is 0 Å². The van der Waals surface area contributed by atoms with Crippen molar-refractivity contribution in [2.75, 3.05) is 6.61 Å². The van der Waals surface area contributed by atoms with Gasteiger partial charge in [-0.3, -0.25) is 0 Å². The molecule has 3 heterocycles. The average Bonchev–Trinajstić information content (AvgIpc) is 3.16. The molecular formula is C16H26N2O3. The van der Waals surface area contributed by atoms with Crippen LogP contribution in [0.25, 0.3) is 0 Å². The summed E-state index contributed by atoms with van der Waals surface area (Å²) in [5.74, 6) is 1.56. The van der Waals surface area contributed by atoms with Crippen molar-refractivity contribution in [1.29, 1.82) is 0 Å². The van der Waals surface area contributed by atoms with Gasteiger partial charge in [-0.05, 0) is 31.1 Å². The highest BCUT2D eigenvalue weighted by atomic mass is 16.5. The van der Waals surface area contributed by atoms with E-state index in [0.29, 0.717) is 17.9 Å². The second kappa shape index (κ2) is 5.69. The Morgan fingerprint density at radius 3 is 2.52 bits per heavy atom. The van der Waals surface area contributed by atoms with E-state index in [2.05, 4.69) is 37.9 Å². The van der Waals surface area contributed by atoms with E-state index in [4.69, 9.17) is 13.9 Å². The van der Waals surface area contributed by atoms with Gasteiger partial charge in [0, 0.05) is 6.61 Å². The predicted molar refractivity (Wildman–Crippen MR) is 78.0 cm³/mol. The molecule has 2 aliphatic heterocycles. The van der Waals surface area contributed by atoms with Crippen LogP contribution in [-0.4, -0.2) is 29.0 Å². The second-order valence-electron chi connectivity index (χ2n) is 7.26. The molecule has 21 heavy (non-hydrogen) atoms. The maximum atomic E-state index is 5.94. The standard InChI is InChI=1S/C16H26N2O3/c1-5-10-6-7-12(20-10)15-18-17-14(21-15)11-8-9-19-13(11)16(2,3)4/h10-13H,5-9H2,1-4H3/t10-,11+,12+,13+/m1/s1. The van der Waals surface area contributed by atoms with Crippen LogP contribution < -0.4 is 0 Å². The van der Waals surface area contributed by atoms with E-state index in [1.165, 1.54) is 0 Å². The molecule has 0 spiro atoms. The van der Waals surface area contributed by atoms with Crippen molar-refractivity contribution in [3.05, 3.63) is 11.8 Å². The highest BCUT2D eigenvalue weighted by molar-refractivity contribution is 5.03. The van der Waals surface area contributed by atoms with Gasteiger partial charge in [-0.2, -0.15) is 0 Å². The van der Waals surface area contributed by atoms with Gasteiger partial charge in [-0.1, -0.05) is 27.7 Å². The summed E-state index contributed by atoms with van der Waals surface area (Å²) in [7, 11) is 0.